The minimum atomic E-state index is 0.833. The van der Waals surface area contributed by atoms with Crippen LogP contribution in [0.5, 0.6) is 0 Å². The number of aryl methyl sites for hydroxylation is 1. The molecule has 1 saturated carbocycles. The van der Waals surface area contributed by atoms with E-state index in [1.54, 1.807) is 0 Å². The zero-order valence-corrected chi connectivity index (χ0v) is 13.0. The maximum atomic E-state index is 5.98. The van der Waals surface area contributed by atoms with Crippen molar-refractivity contribution in [2.75, 3.05) is 6.54 Å². The van der Waals surface area contributed by atoms with Crippen LogP contribution in [0.3, 0.4) is 0 Å². The quantitative estimate of drug-likeness (QED) is 0.804. The van der Waals surface area contributed by atoms with Gasteiger partial charge in [-0.25, -0.2) is 0 Å². The van der Waals surface area contributed by atoms with Gasteiger partial charge in [-0.05, 0) is 61.4 Å². The SMILES string of the molecule is CCC1CCC(CNCc2ccc(Cl)cc2C)CC1. The Morgan fingerprint density at radius 2 is 1.84 bits per heavy atom. The molecule has 1 nitrogen and oxygen atoms in total. The molecule has 1 aliphatic rings. The molecule has 106 valence electrons. The second kappa shape index (κ2) is 7.31. The van der Waals surface area contributed by atoms with Crippen LogP contribution < -0.4 is 5.32 Å². The zero-order chi connectivity index (χ0) is 13.7. The first-order chi connectivity index (χ1) is 9.19. The van der Waals surface area contributed by atoms with Crippen molar-refractivity contribution < 1.29 is 0 Å². The van der Waals surface area contributed by atoms with Crippen LogP contribution in [0.1, 0.15) is 50.2 Å². The van der Waals surface area contributed by atoms with Crippen molar-refractivity contribution >= 4 is 11.6 Å². The van der Waals surface area contributed by atoms with Gasteiger partial charge in [0.15, 0.2) is 0 Å². The van der Waals surface area contributed by atoms with Crippen molar-refractivity contribution in [3.8, 4) is 0 Å². The summed E-state index contributed by atoms with van der Waals surface area (Å²) in [6.45, 7) is 6.59. The first kappa shape index (κ1) is 14.9. The van der Waals surface area contributed by atoms with E-state index in [9.17, 15) is 0 Å². The second-order valence-corrected chi connectivity index (χ2v) is 6.43. The summed E-state index contributed by atoms with van der Waals surface area (Å²) >= 11 is 5.98. The molecule has 0 unspecified atom stereocenters. The third-order valence-corrected chi connectivity index (χ3v) is 4.83. The molecule has 0 saturated heterocycles. The summed E-state index contributed by atoms with van der Waals surface area (Å²) in [6.07, 6.45) is 7.05. The molecule has 19 heavy (non-hydrogen) atoms. The normalized spacial score (nSPS) is 23.5. The number of hydrogen-bond donors (Lipinski definition) is 1. The Kier molecular flexibility index (Phi) is 5.72. The molecule has 1 aliphatic carbocycles. The molecule has 1 aromatic carbocycles. The average molecular weight is 280 g/mol. The molecule has 0 bridgehead atoms. The van der Waals surface area contributed by atoms with Gasteiger partial charge >= 0.3 is 0 Å². The van der Waals surface area contributed by atoms with Gasteiger partial charge in [-0.3, -0.25) is 0 Å². The molecule has 0 radical (unpaired) electrons. The molecule has 1 fully saturated rings. The monoisotopic (exact) mass is 279 g/mol. The number of halogens is 1. The first-order valence-corrected chi connectivity index (χ1v) is 8.02. The van der Waals surface area contributed by atoms with Crippen molar-refractivity contribution in [1.29, 1.82) is 0 Å². The molecule has 0 atom stereocenters. The van der Waals surface area contributed by atoms with Crippen LogP contribution >= 0.6 is 11.6 Å². The van der Waals surface area contributed by atoms with Gasteiger partial charge in [0, 0.05) is 11.6 Å². The van der Waals surface area contributed by atoms with Crippen LogP contribution in [0.2, 0.25) is 5.02 Å². The van der Waals surface area contributed by atoms with E-state index in [2.05, 4.69) is 25.2 Å². The summed E-state index contributed by atoms with van der Waals surface area (Å²) in [5, 5.41) is 4.45. The lowest BCUT2D eigenvalue weighted by molar-refractivity contribution is 0.262. The largest absolute Gasteiger partial charge is 0.312 e. The Morgan fingerprint density at radius 1 is 1.16 bits per heavy atom. The van der Waals surface area contributed by atoms with E-state index < -0.39 is 0 Å². The summed E-state index contributed by atoms with van der Waals surface area (Å²) in [5.74, 6) is 1.88. The molecular weight excluding hydrogens is 254 g/mol. The Hall–Kier alpha value is -0.530. The topological polar surface area (TPSA) is 12.0 Å². The van der Waals surface area contributed by atoms with Crippen LogP contribution in [0.25, 0.3) is 0 Å². The molecule has 0 spiro atoms. The van der Waals surface area contributed by atoms with Crippen molar-refractivity contribution in [2.45, 2.75) is 52.5 Å². The van der Waals surface area contributed by atoms with E-state index in [0.717, 1.165) is 23.4 Å². The number of rotatable bonds is 5. The first-order valence-electron chi connectivity index (χ1n) is 7.64. The molecule has 0 aromatic heterocycles. The highest BCUT2D eigenvalue weighted by Crippen LogP contribution is 2.30. The minimum Gasteiger partial charge on any atom is -0.312 e. The zero-order valence-electron chi connectivity index (χ0n) is 12.2. The van der Waals surface area contributed by atoms with Crippen LogP contribution in [0.4, 0.5) is 0 Å². The fourth-order valence-electron chi connectivity index (χ4n) is 3.11. The van der Waals surface area contributed by atoms with Crippen molar-refractivity contribution in [1.82, 2.24) is 5.32 Å². The van der Waals surface area contributed by atoms with E-state index in [4.69, 9.17) is 11.6 Å². The summed E-state index contributed by atoms with van der Waals surface area (Å²) in [7, 11) is 0. The molecule has 2 heteroatoms. The fraction of sp³-hybridized carbons (Fsp3) is 0.647. The van der Waals surface area contributed by atoms with Crippen LogP contribution in [-0.4, -0.2) is 6.54 Å². The lowest BCUT2D eigenvalue weighted by atomic mass is 9.81. The van der Waals surface area contributed by atoms with Gasteiger partial charge in [0.05, 0.1) is 0 Å². The van der Waals surface area contributed by atoms with Crippen LogP contribution in [0.15, 0.2) is 18.2 Å². The van der Waals surface area contributed by atoms with Gasteiger partial charge in [0.1, 0.15) is 0 Å². The lowest BCUT2D eigenvalue weighted by Crippen LogP contribution is -2.26. The molecular formula is C17H26ClN. The van der Waals surface area contributed by atoms with Crippen LogP contribution in [0, 0.1) is 18.8 Å². The molecule has 1 aromatic rings. The summed E-state index contributed by atoms with van der Waals surface area (Å²) in [6, 6.07) is 6.17. The standard InChI is InChI=1S/C17H26ClN/c1-3-14-4-6-15(7-5-14)11-19-12-16-8-9-17(18)10-13(16)2/h8-10,14-15,19H,3-7,11-12H2,1-2H3. The number of benzene rings is 1. The maximum absolute atomic E-state index is 5.98. The van der Waals surface area contributed by atoms with Gasteiger partial charge in [0.2, 0.25) is 0 Å². The highest BCUT2D eigenvalue weighted by atomic mass is 35.5. The molecule has 0 aliphatic heterocycles. The number of nitrogens with one attached hydrogen (secondary N) is 1. The average Bonchev–Trinajstić information content (AvgIpc) is 2.42. The summed E-state index contributed by atoms with van der Waals surface area (Å²) in [5.41, 5.74) is 2.65. The Labute approximate surface area is 122 Å². The third-order valence-electron chi connectivity index (χ3n) is 4.60. The smallest absolute Gasteiger partial charge is 0.0408 e. The van der Waals surface area contributed by atoms with Gasteiger partial charge in [-0.1, -0.05) is 43.9 Å². The summed E-state index contributed by atoms with van der Waals surface area (Å²) < 4.78 is 0. The van der Waals surface area contributed by atoms with Gasteiger partial charge in [-0.15, -0.1) is 0 Å². The van der Waals surface area contributed by atoms with E-state index in [1.807, 2.05) is 12.1 Å². The second-order valence-electron chi connectivity index (χ2n) is 6.00. The van der Waals surface area contributed by atoms with Gasteiger partial charge in [-0.2, -0.15) is 0 Å². The van der Waals surface area contributed by atoms with Crippen molar-refractivity contribution in [2.24, 2.45) is 11.8 Å². The van der Waals surface area contributed by atoms with Crippen molar-refractivity contribution in [3.05, 3.63) is 34.3 Å². The Morgan fingerprint density at radius 3 is 2.47 bits per heavy atom. The third kappa shape index (κ3) is 4.50. The predicted octanol–water partition coefficient (Wildman–Crippen LogP) is 4.95. The van der Waals surface area contributed by atoms with Crippen molar-refractivity contribution in [3.63, 3.8) is 0 Å². The fourth-order valence-corrected chi connectivity index (χ4v) is 3.34. The molecule has 0 amide bonds. The van der Waals surface area contributed by atoms with E-state index >= 15 is 0 Å². The number of hydrogen-bond acceptors (Lipinski definition) is 1. The molecule has 2 rings (SSSR count). The molecule has 0 heterocycles. The highest BCUT2D eigenvalue weighted by Gasteiger charge is 2.19. The molecule has 1 N–H and O–H groups in total. The Balaban J connectivity index is 1.72. The van der Waals surface area contributed by atoms with E-state index in [-0.39, 0.29) is 0 Å². The Bertz CT molecular complexity index is 394. The highest BCUT2D eigenvalue weighted by molar-refractivity contribution is 6.30. The van der Waals surface area contributed by atoms with Gasteiger partial charge < -0.3 is 5.32 Å². The minimum absolute atomic E-state index is 0.833. The van der Waals surface area contributed by atoms with Crippen LogP contribution in [-0.2, 0) is 6.54 Å². The summed E-state index contributed by atoms with van der Waals surface area (Å²) in [4.78, 5) is 0. The lowest BCUT2D eigenvalue weighted by Gasteiger charge is -2.28. The van der Waals surface area contributed by atoms with E-state index in [1.165, 1.54) is 49.8 Å². The maximum Gasteiger partial charge on any atom is 0.0408 e. The van der Waals surface area contributed by atoms with E-state index in [0.29, 0.717) is 0 Å². The predicted molar refractivity (Wildman–Crippen MR) is 83.6 cm³/mol. The van der Waals surface area contributed by atoms with Gasteiger partial charge in [0.25, 0.3) is 0 Å².